The van der Waals surface area contributed by atoms with E-state index < -0.39 is 0 Å². The molecule has 1 aromatic carbocycles. The Labute approximate surface area is 128 Å². The molecule has 22 heavy (non-hydrogen) atoms. The largest absolute Gasteiger partial charge is 0.454 e. The van der Waals surface area contributed by atoms with Gasteiger partial charge in [0.25, 0.3) is 0 Å². The molecule has 5 nitrogen and oxygen atoms in total. The number of fused-ring (bicyclic) bond motifs is 3. The molecule has 3 aliphatic rings. The van der Waals surface area contributed by atoms with Crippen LogP contribution in [0.1, 0.15) is 12.1 Å². The summed E-state index contributed by atoms with van der Waals surface area (Å²) in [6.07, 6.45) is 0.820. The van der Waals surface area contributed by atoms with Crippen LogP contribution in [0.15, 0.2) is 18.2 Å². The predicted octanol–water partition coefficient (Wildman–Crippen LogP) is 2.09. The first-order valence-electron chi connectivity index (χ1n) is 7.83. The smallest absolute Gasteiger partial charge is 0.231 e. The molecule has 1 saturated carbocycles. The van der Waals surface area contributed by atoms with E-state index in [1.807, 2.05) is 19.1 Å². The van der Waals surface area contributed by atoms with Gasteiger partial charge in [0, 0.05) is 41.8 Å². The van der Waals surface area contributed by atoms with Gasteiger partial charge in [0.2, 0.25) is 6.79 Å². The molecule has 0 amide bonds. The van der Waals surface area contributed by atoms with E-state index in [1.54, 1.807) is 0 Å². The molecule has 114 valence electrons. The molecule has 1 aromatic heterocycles. The number of hydrogen-bond donors (Lipinski definition) is 1. The first kappa shape index (κ1) is 12.5. The Hall–Kier alpha value is -2.01. The van der Waals surface area contributed by atoms with E-state index >= 15 is 0 Å². The standard InChI is InChI=1S/C17H18N2O3/c1-9-2-14(19-6-10-3-15(20)12(10)7-19)11-4-16-17(22-8-21-16)5-13(11)18-9/h2,4-5,10,12,15,20H,3,6-8H2,1H3/t10-,12+,15+/m1/s1. The second-order valence-corrected chi connectivity index (χ2v) is 6.64. The zero-order chi connectivity index (χ0) is 14.8. The second-order valence-electron chi connectivity index (χ2n) is 6.64. The van der Waals surface area contributed by atoms with Crippen molar-refractivity contribution in [3.8, 4) is 11.5 Å². The fourth-order valence-electron chi connectivity index (χ4n) is 4.06. The van der Waals surface area contributed by atoms with E-state index in [2.05, 4.69) is 16.0 Å². The van der Waals surface area contributed by atoms with Crippen LogP contribution in [0, 0.1) is 18.8 Å². The molecule has 0 bridgehead atoms. The minimum atomic E-state index is -0.120. The van der Waals surface area contributed by atoms with Gasteiger partial charge in [-0.25, -0.2) is 0 Å². The Kier molecular flexibility index (Phi) is 2.42. The maximum absolute atomic E-state index is 9.90. The molecule has 1 aliphatic carbocycles. The number of benzene rings is 1. The topological polar surface area (TPSA) is 54.8 Å². The summed E-state index contributed by atoms with van der Waals surface area (Å²) in [5, 5.41) is 11.0. The lowest BCUT2D eigenvalue weighted by atomic mass is 9.74. The van der Waals surface area contributed by atoms with Crippen molar-refractivity contribution in [2.45, 2.75) is 19.4 Å². The summed E-state index contributed by atoms with van der Waals surface area (Å²) in [5.41, 5.74) is 3.14. The third-order valence-corrected chi connectivity index (χ3v) is 5.28. The first-order chi connectivity index (χ1) is 10.7. The number of hydrogen-bond acceptors (Lipinski definition) is 5. The first-order valence-corrected chi connectivity index (χ1v) is 7.83. The van der Waals surface area contributed by atoms with Gasteiger partial charge in [0.05, 0.1) is 11.6 Å². The SMILES string of the molecule is Cc1cc(N2C[C@H]3C[C@H](O)[C@H]3C2)c2cc3c(cc2n1)OCO3. The Balaban J connectivity index is 1.63. The van der Waals surface area contributed by atoms with Crippen LogP contribution in [0.25, 0.3) is 10.9 Å². The van der Waals surface area contributed by atoms with Gasteiger partial charge >= 0.3 is 0 Å². The van der Waals surface area contributed by atoms with Crippen molar-refractivity contribution < 1.29 is 14.6 Å². The Bertz CT molecular complexity index is 776. The van der Waals surface area contributed by atoms with Crippen LogP contribution in [0.5, 0.6) is 11.5 Å². The van der Waals surface area contributed by atoms with Gasteiger partial charge in [0.15, 0.2) is 11.5 Å². The molecular weight excluding hydrogens is 280 g/mol. The Morgan fingerprint density at radius 2 is 2.00 bits per heavy atom. The van der Waals surface area contributed by atoms with Gasteiger partial charge in [0.1, 0.15) is 0 Å². The van der Waals surface area contributed by atoms with Crippen LogP contribution in [0.2, 0.25) is 0 Å². The van der Waals surface area contributed by atoms with Crippen LogP contribution >= 0.6 is 0 Å². The summed E-state index contributed by atoms with van der Waals surface area (Å²) in [6.45, 7) is 4.25. The third-order valence-electron chi connectivity index (χ3n) is 5.28. The minimum Gasteiger partial charge on any atom is -0.454 e. The average Bonchev–Trinajstić information content (AvgIpc) is 3.07. The van der Waals surface area contributed by atoms with Gasteiger partial charge < -0.3 is 19.5 Å². The van der Waals surface area contributed by atoms with E-state index in [-0.39, 0.29) is 12.9 Å². The fraction of sp³-hybridized carbons (Fsp3) is 0.471. The zero-order valence-electron chi connectivity index (χ0n) is 12.5. The number of aryl methyl sites for hydroxylation is 1. The Morgan fingerprint density at radius 3 is 2.77 bits per heavy atom. The van der Waals surface area contributed by atoms with Gasteiger partial charge in [-0.3, -0.25) is 4.98 Å². The van der Waals surface area contributed by atoms with Crippen LogP contribution in [0.3, 0.4) is 0 Å². The molecule has 5 heteroatoms. The van der Waals surface area contributed by atoms with E-state index in [1.165, 1.54) is 5.69 Å². The van der Waals surface area contributed by atoms with E-state index in [4.69, 9.17) is 9.47 Å². The van der Waals surface area contributed by atoms with Crippen molar-refractivity contribution in [3.05, 3.63) is 23.9 Å². The summed E-state index contributed by atoms with van der Waals surface area (Å²) in [4.78, 5) is 7.04. The van der Waals surface area contributed by atoms with E-state index in [9.17, 15) is 5.11 Å². The van der Waals surface area contributed by atoms with Crippen molar-refractivity contribution in [1.82, 2.24) is 4.98 Å². The summed E-state index contributed by atoms with van der Waals surface area (Å²) in [5.74, 6) is 2.63. The normalized spacial score (nSPS) is 28.8. The molecular formula is C17H18N2O3. The average molecular weight is 298 g/mol. The lowest BCUT2D eigenvalue weighted by Crippen LogP contribution is -2.39. The predicted molar refractivity (Wildman–Crippen MR) is 82.4 cm³/mol. The summed E-state index contributed by atoms with van der Waals surface area (Å²) in [7, 11) is 0. The lowest BCUT2D eigenvalue weighted by Gasteiger charge is -2.34. The molecule has 3 heterocycles. The van der Waals surface area contributed by atoms with Crippen LogP contribution < -0.4 is 14.4 Å². The van der Waals surface area contributed by atoms with Gasteiger partial charge in [-0.1, -0.05) is 0 Å². The number of ether oxygens (including phenoxy) is 2. The van der Waals surface area contributed by atoms with Gasteiger partial charge in [-0.15, -0.1) is 0 Å². The van der Waals surface area contributed by atoms with Crippen molar-refractivity contribution in [1.29, 1.82) is 0 Å². The molecule has 2 aromatic rings. The van der Waals surface area contributed by atoms with E-state index in [0.29, 0.717) is 11.8 Å². The van der Waals surface area contributed by atoms with Crippen molar-refractivity contribution in [3.63, 3.8) is 0 Å². The molecule has 3 atom stereocenters. The quantitative estimate of drug-likeness (QED) is 0.873. The van der Waals surface area contributed by atoms with Crippen LogP contribution in [0.4, 0.5) is 5.69 Å². The minimum absolute atomic E-state index is 0.120. The number of aromatic nitrogens is 1. The summed E-state index contributed by atoms with van der Waals surface area (Å²) >= 11 is 0. The van der Waals surface area contributed by atoms with Crippen molar-refractivity contribution >= 4 is 16.6 Å². The highest BCUT2D eigenvalue weighted by Gasteiger charge is 2.46. The molecule has 1 N–H and O–H groups in total. The number of anilines is 1. The zero-order valence-corrected chi connectivity index (χ0v) is 12.5. The number of nitrogens with zero attached hydrogens (tertiary/aromatic N) is 2. The summed E-state index contributed by atoms with van der Waals surface area (Å²) < 4.78 is 11.0. The Morgan fingerprint density at radius 1 is 1.18 bits per heavy atom. The molecule has 0 spiro atoms. The van der Waals surface area contributed by atoms with Crippen LogP contribution in [-0.4, -0.2) is 36.1 Å². The summed E-state index contributed by atoms with van der Waals surface area (Å²) in [6, 6.07) is 6.14. The van der Waals surface area contributed by atoms with Crippen molar-refractivity contribution in [2.24, 2.45) is 11.8 Å². The highest BCUT2D eigenvalue weighted by Crippen LogP contribution is 2.45. The molecule has 2 fully saturated rings. The molecule has 0 unspecified atom stereocenters. The highest BCUT2D eigenvalue weighted by atomic mass is 16.7. The van der Waals surface area contributed by atoms with Gasteiger partial charge in [-0.2, -0.15) is 0 Å². The van der Waals surface area contributed by atoms with E-state index in [0.717, 1.165) is 47.6 Å². The number of rotatable bonds is 1. The molecule has 1 saturated heterocycles. The number of pyridine rings is 1. The lowest BCUT2D eigenvalue weighted by molar-refractivity contribution is -0.00398. The molecule has 0 radical (unpaired) electrons. The number of aliphatic hydroxyl groups is 1. The monoisotopic (exact) mass is 298 g/mol. The van der Waals surface area contributed by atoms with Crippen LogP contribution in [-0.2, 0) is 0 Å². The van der Waals surface area contributed by atoms with Gasteiger partial charge in [-0.05, 0) is 31.4 Å². The fourth-order valence-corrected chi connectivity index (χ4v) is 4.06. The molecule has 2 aliphatic heterocycles. The third kappa shape index (κ3) is 1.66. The highest BCUT2D eigenvalue weighted by molar-refractivity contribution is 5.94. The number of aliphatic hydroxyl groups excluding tert-OH is 1. The van der Waals surface area contributed by atoms with Crippen molar-refractivity contribution in [2.75, 3.05) is 24.8 Å². The second kappa shape index (κ2) is 4.26. The maximum atomic E-state index is 9.90. The molecule has 5 rings (SSSR count). The maximum Gasteiger partial charge on any atom is 0.231 e.